The van der Waals surface area contributed by atoms with E-state index in [1.807, 2.05) is 21.0 Å². The number of carbonyl (C=O) groups is 2. The summed E-state index contributed by atoms with van der Waals surface area (Å²) in [5, 5.41) is 11.9. The van der Waals surface area contributed by atoms with Gasteiger partial charge in [0.2, 0.25) is 0 Å². The number of likely N-dealkylation sites (tertiary alicyclic amines) is 1. The van der Waals surface area contributed by atoms with Gasteiger partial charge in [-0.25, -0.2) is 4.79 Å². The van der Waals surface area contributed by atoms with Crippen LogP contribution >= 0.6 is 0 Å². The van der Waals surface area contributed by atoms with Crippen LogP contribution in [-0.2, 0) is 4.79 Å². The first-order valence-electron chi connectivity index (χ1n) is 6.72. The van der Waals surface area contributed by atoms with Gasteiger partial charge < -0.3 is 20.2 Å². The van der Waals surface area contributed by atoms with Crippen molar-refractivity contribution >= 4 is 12.0 Å². The molecule has 0 radical (unpaired) electrons. The van der Waals surface area contributed by atoms with Crippen LogP contribution in [-0.4, -0.2) is 66.7 Å². The Bertz CT molecular complexity index is 346. The zero-order valence-corrected chi connectivity index (χ0v) is 12.3. The fraction of sp³-hybridized carbons (Fsp3) is 0.846. The normalized spacial score (nSPS) is 22.4. The number of likely N-dealkylation sites (N-methyl/N-ethyl adjacent to an activating group) is 1. The Morgan fingerprint density at radius 3 is 2.53 bits per heavy atom. The molecule has 0 aromatic carbocycles. The summed E-state index contributed by atoms with van der Waals surface area (Å²) in [4.78, 5) is 27.0. The highest BCUT2D eigenvalue weighted by molar-refractivity contribution is 5.78. The molecule has 6 heteroatoms. The van der Waals surface area contributed by atoms with Crippen LogP contribution in [0.15, 0.2) is 0 Å². The van der Waals surface area contributed by atoms with Crippen molar-refractivity contribution in [2.45, 2.75) is 32.7 Å². The number of hydrogen-bond acceptors (Lipinski definition) is 3. The Balaban J connectivity index is 2.46. The summed E-state index contributed by atoms with van der Waals surface area (Å²) in [7, 11) is 4.01. The third-order valence-corrected chi connectivity index (χ3v) is 4.11. The highest BCUT2D eigenvalue weighted by Gasteiger charge is 2.33. The van der Waals surface area contributed by atoms with Crippen molar-refractivity contribution < 1.29 is 14.7 Å². The first-order chi connectivity index (χ1) is 8.80. The molecule has 2 atom stereocenters. The lowest BCUT2D eigenvalue weighted by molar-refractivity contribution is -0.147. The van der Waals surface area contributed by atoms with E-state index >= 15 is 0 Å². The van der Waals surface area contributed by atoms with Crippen molar-refractivity contribution in [1.82, 2.24) is 15.1 Å². The van der Waals surface area contributed by atoms with Crippen molar-refractivity contribution in [2.24, 2.45) is 5.41 Å². The molecule has 0 aliphatic carbocycles. The van der Waals surface area contributed by atoms with Crippen LogP contribution in [0.1, 0.15) is 26.7 Å². The number of nitrogens with zero attached hydrogens (tertiary/aromatic N) is 2. The SMILES string of the molecule is CCC(C)(CNC(=O)N1CCC(N(C)C)C1)C(=O)O. The highest BCUT2D eigenvalue weighted by atomic mass is 16.4. The van der Waals surface area contributed by atoms with E-state index in [2.05, 4.69) is 10.2 Å². The van der Waals surface area contributed by atoms with Crippen LogP contribution in [0.5, 0.6) is 0 Å². The number of hydrogen-bond donors (Lipinski definition) is 2. The summed E-state index contributed by atoms with van der Waals surface area (Å²) >= 11 is 0. The van der Waals surface area contributed by atoms with E-state index in [0.717, 1.165) is 13.0 Å². The van der Waals surface area contributed by atoms with Gasteiger partial charge in [0.25, 0.3) is 0 Å². The zero-order chi connectivity index (χ0) is 14.6. The van der Waals surface area contributed by atoms with Gasteiger partial charge in [-0.1, -0.05) is 6.92 Å². The Labute approximate surface area is 114 Å². The van der Waals surface area contributed by atoms with Gasteiger partial charge in [0.15, 0.2) is 0 Å². The predicted molar refractivity (Wildman–Crippen MR) is 73.1 cm³/mol. The monoisotopic (exact) mass is 271 g/mol. The third kappa shape index (κ3) is 3.83. The number of rotatable bonds is 5. The highest BCUT2D eigenvalue weighted by Crippen LogP contribution is 2.20. The molecule has 1 heterocycles. The first kappa shape index (κ1) is 15.8. The second kappa shape index (κ2) is 6.23. The summed E-state index contributed by atoms with van der Waals surface area (Å²) in [5.74, 6) is -0.872. The van der Waals surface area contributed by atoms with Gasteiger partial charge in [0.1, 0.15) is 0 Å². The van der Waals surface area contributed by atoms with E-state index in [4.69, 9.17) is 5.11 Å². The molecule has 19 heavy (non-hydrogen) atoms. The Morgan fingerprint density at radius 2 is 2.11 bits per heavy atom. The van der Waals surface area contributed by atoms with Crippen LogP contribution in [0.3, 0.4) is 0 Å². The van der Waals surface area contributed by atoms with Gasteiger partial charge in [-0.05, 0) is 33.9 Å². The molecular formula is C13H25N3O3. The fourth-order valence-electron chi connectivity index (χ4n) is 2.08. The standard InChI is InChI=1S/C13H25N3O3/c1-5-13(2,11(17)18)9-14-12(19)16-7-6-10(8-16)15(3)4/h10H,5-9H2,1-4H3,(H,14,19)(H,17,18). The molecule has 1 rings (SSSR count). The molecule has 1 saturated heterocycles. The van der Waals surface area contributed by atoms with Gasteiger partial charge in [-0.2, -0.15) is 0 Å². The van der Waals surface area contributed by atoms with Gasteiger partial charge in [-0.3, -0.25) is 4.79 Å². The summed E-state index contributed by atoms with van der Waals surface area (Å²) in [6, 6.07) is 0.230. The Hall–Kier alpha value is -1.30. The lowest BCUT2D eigenvalue weighted by atomic mass is 9.88. The summed E-state index contributed by atoms with van der Waals surface area (Å²) in [6.07, 6.45) is 1.45. The third-order valence-electron chi connectivity index (χ3n) is 4.11. The molecule has 2 unspecified atom stereocenters. The number of amides is 2. The number of aliphatic carboxylic acids is 1. The topological polar surface area (TPSA) is 72.9 Å². The molecule has 1 aliphatic heterocycles. The largest absolute Gasteiger partial charge is 0.481 e. The van der Waals surface area contributed by atoms with Crippen LogP contribution in [0.4, 0.5) is 4.79 Å². The molecular weight excluding hydrogens is 246 g/mol. The number of carbonyl (C=O) groups excluding carboxylic acids is 1. The second-order valence-electron chi connectivity index (χ2n) is 5.73. The number of carboxylic acid groups (broad SMARTS) is 1. The molecule has 2 N–H and O–H groups in total. The van der Waals surface area contributed by atoms with Crippen LogP contribution < -0.4 is 5.32 Å². The molecule has 0 spiro atoms. The average Bonchev–Trinajstić information content (AvgIpc) is 2.85. The minimum Gasteiger partial charge on any atom is -0.481 e. The second-order valence-corrected chi connectivity index (χ2v) is 5.73. The minimum atomic E-state index is -0.893. The molecule has 2 amide bonds. The van der Waals surface area contributed by atoms with Crippen molar-refractivity contribution in [2.75, 3.05) is 33.7 Å². The van der Waals surface area contributed by atoms with E-state index in [9.17, 15) is 9.59 Å². The zero-order valence-electron chi connectivity index (χ0n) is 12.3. The van der Waals surface area contributed by atoms with Gasteiger partial charge in [0.05, 0.1) is 5.41 Å². The number of nitrogens with one attached hydrogen (secondary N) is 1. The fourth-order valence-corrected chi connectivity index (χ4v) is 2.08. The van der Waals surface area contributed by atoms with Crippen molar-refractivity contribution in [1.29, 1.82) is 0 Å². The minimum absolute atomic E-state index is 0.162. The van der Waals surface area contributed by atoms with Crippen LogP contribution in [0.2, 0.25) is 0 Å². The number of urea groups is 1. The van der Waals surface area contributed by atoms with Crippen molar-refractivity contribution in [3.05, 3.63) is 0 Å². The molecule has 0 bridgehead atoms. The van der Waals surface area contributed by atoms with E-state index in [0.29, 0.717) is 19.0 Å². The number of carboxylic acids is 1. The Morgan fingerprint density at radius 1 is 1.47 bits per heavy atom. The van der Waals surface area contributed by atoms with Gasteiger partial charge >= 0.3 is 12.0 Å². The summed E-state index contributed by atoms with van der Waals surface area (Å²) in [6.45, 7) is 5.07. The van der Waals surface area contributed by atoms with Crippen molar-refractivity contribution in [3.8, 4) is 0 Å². The van der Waals surface area contributed by atoms with Gasteiger partial charge in [-0.15, -0.1) is 0 Å². The smallest absolute Gasteiger partial charge is 0.317 e. The molecule has 1 fully saturated rings. The maximum atomic E-state index is 12.0. The maximum Gasteiger partial charge on any atom is 0.317 e. The lowest BCUT2D eigenvalue weighted by Gasteiger charge is -2.26. The maximum absolute atomic E-state index is 12.0. The molecule has 0 aromatic rings. The summed E-state index contributed by atoms with van der Waals surface area (Å²) in [5.41, 5.74) is -0.893. The van der Waals surface area contributed by atoms with Crippen LogP contribution in [0, 0.1) is 5.41 Å². The molecule has 6 nitrogen and oxygen atoms in total. The van der Waals surface area contributed by atoms with E-state index in [1.54, 1.807) is 11.8 Å². The van der Waals surface area contributed by atoms with E-state index in [1.165, 1.54) is 0 Å². The Kier molecular flexibility index (Phi) is 5.17. The van der Waals surface area contributed by atoms with Crippen molar-refractivity contribution in [3.63, 3.8) is 0 Å². The molecule has 0 saturated carbocycles. The van der Waals surface area contributed by atoms with Gasteiger partial charge in [0, 0.05) is 25.7 Å². The quantitative estimate of drug-likeness (QED) is 0.777. The molecule has 110 valence electrons. The van der Waals surface area contributed by atoms with E-state index < -0.39 is 11.4 Å². The molecule has 1 aliphatic rings. The predicted octanol–water partition coefficient (Wildman–Crippen LogP) is 0.833. The average molecular weight is 271 g/mol. The lowest BCUT2D eigenvalue weighted by Crippen LogP contribution is -2.46. The summed E-state index contributed by atoms with van der Waals surface area (Å²) < 4.78 is 0. The first-order valence-corrected chi connectivity index (χ1v) is 6.72. The molecule has 0 aromatic heterocycles. The van der Waals surface area contributed by atoms with Crippen LogP contribution in [0.25, 0.3) is 0 Å². The van der Waals surface area contributed by atoms with E-state index in [-0.39, 0.29) is 12.6 Å².